The van der Waals surface area contributed by atoms with Gasteiger partial charge in [0.15, 0.2) is 0 Å². The predicted molar refractivity (Wildman–Crippen MR) is 22.9 cm³/mol. The van der Waals surface area contributed by atoms with Crippen LogP contribution < -0.4 is 56.5 Å². The van der Waals surface area contributed by atoms with Crippen LogP contribution in [0.3, 0.4) is 0 Å². The van der Waals surface area contributed by atoms with Crippen LogP contribution in [0, 0.1) is 0 Å². The van der Waals surface area contributed by atoms with Gasteiger partial charge in [0.1, 0.15) is 5.69 Å². The second-order valence-corrected chi connectivity index (χ2v) is 1.25. The molecule has 0 spiro atoms. The molecule has 0 aliphatic carbocycles. The molecule has 0 radical (unpaired) electrons. The first-order valence-corrected chi connectivity index (χ1v) is 2.02. The van der Waals surface area contributed by atoms with Gasteiger partial charge in [0.25, 0.3) is 0 Å². The van der Waals surface area contributed by atoms with Gasteiger partial charge in [-0.2, -0.15) is 5.10 Å². The zero-order valence-electron chi connectivity index (χ0n) is 4.92. The van der Waals surface area contributed by atoms with Crippen LogP contribution in [-0.2, 0) is 0 Å². The van der Waals surface area contributed by atoms with E-state index in [1.807, 2.05) is 0 Å². The van der Waals surface area contributed by atoms with Crippen molar-refractivity contribution in [3.05, 3.63) is 18.0 Å². The Balaban J connectivity index is 0.000000640. The summed E-state index contributed by atoms with van der Waals surface area (Å²) in [7, 11) is 0. The van der Waals surface area contributed by atoms with Crippen molar-refractivity contribution in [2.24, 2.45) is 0 Å². The number of carboxylic acid groups (broad SMARTS) is 1. The molecule has 0 fully saturated rings. The fourth-order valence-electron chi connectivity index (χ4n) is 0.374. The molecule has 0 atom stereocenters. The molecule has 0 bridgehead atoms. The van der Waals surface area contributed by atoms with Gasteiger partial charge in [0.05, 0.1) is 5.97 Å². The van der Waals surface area contributed by atoms with Crippen molar-refractivity contribution in [2.45, 2.75) is 0 Å². The first-order chi connectivity index (χ1) is 3.80. The molecule has 1 aromatic rings. The number of aromatic nitrogens is 2. The third-order valence-corrected chi connectivity index (χ3v) is 0.710. The van der Waals surface area contributed by atoms with Crippen LogP contribution in [0.25, 0.3) is 0 Å². The Labute approximate surface area is 94.1 Å². The molecule has 1 N–H and O–H groups in total. The Morgan fingerprint density at radius 1 is 1.78 bits per heavy atom. The second kappa shape index (κ2) is 4.18. The maximum Gasteiger partial charge on any atom is 1.00 e. The molecule has 1 rings (SSSR count). The minimum absolute atomic E-state index is 0. The standard InChI is InChI=1S/C4H4N2O2.K/c7-4(8)3-1-2-5-6-3;/h1-2H,(H,5,6)(H,7,8);/q;+1/p-1. The monoisotopic (exact) mass is 150 g/mol. The minimum atomic E-state index is -1.26. The summed E-state index contributed by atoms with van der Waals surface area (Å²) in [5.41, 5.74) is -0.0648. The number of rotatable bonds is 1. The third kappa shape index (κ3) is 2.59. The van der Waals surface area contributed by atoms with E-state index in [1.165, 1.54) is 12.3 Å². The number of hydrogen-bond acceptors (Lipinski definition) is 3. The summed E-state index contributed by atoms with van der Waals surface area (Å²) < 4.78 is 0. The van der Waals surface area contributed by atoms with Crippen molar-refractivity contribution in [3.63, 3.8) is 0 Å². The van der Waals surface area contributed by atoms with E-state index >= 15 is 0 Å². The number of carbonyl (C=O) groups is 1. The maximum atomic E-state index is 9.87. The zero-order valence-corrected chi connectivity index (χ0v) is 8.04. The van der Waals surface area contributed by atoms with E-state index in [4.69, 9.17) is 0 Å². The number of hydrogen-bond donors (Lipinski definition) is 1. The Morgan fingerprint density at radius 2 is 2.44 bits per heavy atom. The van der Waals surface area contributed by atoms with E-state index in [-0.39, 0.29) is 57.1 Å². The van der Waals surface area contributed by atoms with Crippen LogP contribution in [0.1, 0.15) is 10.5 Å². The predicted octanol–water partition coefficient (Wildman–Crippen LogP) is -4.22. The summed E-state index contributed by atoms with van der Waals surface area (Å²) in [6.45, 7) is 0. The Hall–Kier alpha value is 0.316. The van der Waals surface area contributed by atoms with Crippen molar-refractivity contribution >= 4 is 5.97 Å². The van der Waals surface area contributed by atoms with Gasteiger partial charge >= 0.3 is 51.4 Å². The van der Waals surface area contributed by atoms with E-state index in [0.717, 1.165) is 0 Å². The molecular formula is C4H3KN2O2. The number of carbonyl (C=O) groups excluding carboxylic acids is 1. The average Bonchev–Trinajstić information content (AvgIpc) is 2.12. The first kappa shape index (κ1) is 9.32. The van der Waals surface area contributed by atoms with Crippen molar-refractivity contribution in [1.82, 2.24) is 10.2 Å². The molecule has 1 heterocycles. The summed E-state index contributed by atoms with van der Waals surface area (Å²) in [4.78, 5) is 9.87. The van der Waals surface area contributed by atoms with Crippen LogP contribution >= 0.6 is 0 Å². The Kier molecular flexibility index (Phi) is 4.33. The molecule has 9 heavy (non-hydrogen) atoms. The molecule has 0 unspecified atom stereocenters. The molecule has 0 saturated heterocycles. The maximum absolute atomic E-state index is 9.87. The third-order valence-electron chi connectivity index (χ3n) is 0.710. The van der Waals surface area contributed by atoms with Gasteiger partial charge in [-0.15, -0.1) is 0 Å². The first-order valence-electron chi connectivity index (χ1n) is 2.02. The minimum Gasteiger partial charge on any atom is -0.543 e. The number of carboxylic acids is 1. The fourth-order valence-corrected chi connectivity index (χ4v) is 0.374. The summed E-state index contributed by atoms with van der Waals surface area (Å²) in [5, 5.41) is 15.5. The van der Waals surface area contributed by atoms with Crippen LogP contribution in [0.2, 0.25) is 0 Å². The largest absolute Gasteiger partial charge is 1.00 e. The van der Waals surface area contributed by atoms with Gasteiger partial charge in [-0.25, -0.2) is 0 Å². The topological polar surface area (TPSA) is 68.8 Å². The van der Waals surface area contributed by atoms with Gasteiger partial charge < -0.3 is 9.90 Å². The number of nitrogens with one attached hydrogen (secondary N) is 1. The van der Waals surface area contributed by atoms with Crippen LogP contribution in [0.4, 0.5) is 0 Å². The number of aromatic carboxylic acids is 1. The van der Waals surface area contributed by atoms with Crippen LogP contribution in [0.15, 0.2) is 12.3 Å². The van der Waals surface area contributed by atoms with Crippen molar-refractivity contribution in [3.8, 4) is 0 Å². The van der Waals surface area contributed by atoms with Gasteiger partial charge in [-0.3, -0.25) is 5.10 Å². The average molecular weight is 150 g/mol. The van der Waals surface area contributed by atoms with Crippen LogP contribution in [-0.4, -0.2) is 16.2 Å². The van der Waals surface area contributed by atoms with E-state index < -0.39 is 5.97 Å². The number of aromatic amines is 1. The van der Waals surface area contributed by atoms with Crippen molar-refractivity contribution in [2.75, 3.05) is 0 Å². The van der Waals surface area contributed by atoms with Crippen molar-refractivity contribution in [1.29, 1.82) is 0 Å². The Bertz CT molecular complexity index is 184. The van der Waals surface area contributed by atoms with E-state index in [2.05, 4.69) is 10.2 Å². The van der Waals surface area contributed by atoms with Gasteiger partial charge in [0.2, 0.25) is 0 Å². The molecule has 0 aliphatic rings. The zero-order chi connectivity index (χ0) is 5.98. The van der Waals surface area contributed by atoms with Crippen molar-refractivity contribution < 1.29 is 61.3 Å². The molecule has 0 aromatic carbocycles. The fraction of sp³-hybridized carbons (Fsp3) is 0. The SMILES string of the molecule is O=C([O-])c1cc[nH]n1.[K+]. The molecule has 5 heteroatoms. The molecular weight excluding hydrogens is 147 g/mol. The molecule has 0 saturated carbocycles. The van der Waals surface area contributed by atoms with E-state index in [1.54, 1.807) is 0 Å². The summed E-state index contributed by atoms with van der Waals surface area (Å²) in [6, 6.07) is 1.33. The Morgan fingerprint density at radius 3 is 2.67 bits per heavy atom. The summed E-state index contributed by atoms with van der Waals surface area (Å²) >= 11 is 0. The quantitative estimate of drug-likeness (QED) is 0.412. The summed E-state index contributed by atoms with van der Waals surface area (Å²) in [6.07, 6.45) is 1.42. The van der Waals surface area contributed by atoms with Gasteiger partial charge in [-0.1, -0.05) is 0 Å². The van der Waals surface area contributed by atoms with Gasteiger partial charge in [-0.05, 0) is 6.07 Å². The smallest absolute Gasteiger partial charge is 0.543 e. The van der Waals surface area contributed by atoms with E-state index in [9.17, 15) is 9.90 Å². The number of nitrogens with zero attached hydrogens (tertiary/aromatic N) is 1. The molecule has 42 valence electrons. The molecule has 0 aliphatic heterocycles. The van der Waals surface area contributed by atoms with Gasteiger partial charge in [0, 0.05) is 6.20 Å². The number of H-pyrrole nitrogens is 1. The molecule has 4 nitrogen and oxygen atoms in total. The molecule has 1 aromatic heterocycles. The second-order valence-electron chi connectivity index (χ2n) is 1.25. The normalized spacial score (nSPS) is 8.00. The molecule has 0 amide bonds. The van der Waals surface area contributed by atoms with Crippen LogP contribution in [0.5, 0.6) is 0 Å². The van der Waals surface area contributed by atoms with E-state index in [0.29, 0.717) is 0 Å². The summed E-state index contributed by atoms with van der Waals surface area (Å²) in [5.74, 6) is -1.26.